The molecule has 0 N–H and O–H groups in total. The number of alkyl halides is 3. The summed E-state index contributed by atoms with van der Waals surface area (Å²) in [6, 6.07) is 4.74. The molecule has 28 heavy (non-hydrogen) atoms. The number of pyridine rings is 1. The van der Waals surface area contributed by atoms with Crippen molar-refractivity contribution < 1.29 is 22.8 Å². The molecule has 0 saturated carbocycles. The molecule has 2 aromatic heterocycles. The van der Waals surface area contributed by atoms with Crippen molar-refractivity contribution in [1.82, 2.24) is 24.1 Å². The van der Waals surface area contributed by atoms with Gasteiger partial charge in [0.15, 0.2) is 0 Å². The average molecular weight is 395 g/mol. The van der Waals surface area contributed by atoms with Crippen molar-refractivity contribution in [2.75, 3.05) is 26.2 Å². The maximum Gasteiger partial charge on any atom is 0.406 e. The predicted octanol–water partition coefficient (Wildman–Crippen LogP) is 2.13. The highest BCUT2D eigenvalue weighted by molar-refractivity contribution is 6.02. The van der Waals surface area contributed by atoms with Crippen molar-refractivity contribution in [3.8, 4) is 0 Å². The van der Waals surface area contributed by atoms with Crippen LogP contribution in [0.15, 0.2) is 30.6 Å². The number of likely N-dealkylation sites (tertiary alicyclic amines) is 1. The number of urea groups is 1. The lowest BCUT2D eigenvalue weighted by molar-refractivity contribution is -0.151. The highest BCUT2D eigenvalue weighted by Crippen LogP contribution is 2.26. The summed E-state index contributed by atoms with van der Waals surface area (Å²) in [4.78, 5) is 32.5. The third-order valence-corrected chi connectivity index (χ3v) is 5.22. The van der Waals surface area contributed by atoms with E-state index < -0.39 is 24.7 Å². The molecule has 0 atom stereocenters. The molecule has 2 aromatic rings. The molecule has 0 aromatic carbocycles. The van der Waals surface area contributed by atoms with E-state index in [1.807, 2.05) is 35.0 Å². The van der Waals surface area contributed by atoms with Gasteiger partial charge in [0.1, 0.15) is 18.7 Å². The minimum absolute atomic E-state index is 0.216. The van der Waals surface area contributed by atoms with Crippen molar-refractivity contribution in [2.24, 2.45) is 0 Å². The van der Waals surface area contributed by atoms with E-state index in [0.717, 1.165) is 11.3 Å². The fourth-order valence-electron chi connectivity index (χ4n) is 3.86. The van der Waals surface area contributed by atoms with E-state index in [1.165, 1.54) is 4.90 Å². The van der Waals surface area contributed by atoms with Gasteiger partial charge in [-0.25, -0.2) is 9.78 Å². The van der Waals surface area contributed by atoms with Gasteiger partial charge in [-0.1, -0.05) is 6.07 Å². The van der Waals surface area contributed by atoms with Crippen LogP contribution in [0.4, 0.5) is 18.0 Å². The summed E-state index contributed by atoms with van der Waals surface area (Å²) in [6.45, 7) is 0.257. The molecule has 0 unspecified atom stereocenters. The molecule has 4 heterocycles. The lowest BCUT2D eigenvalue weighted by Crippen LogP contribution is -2.47. The highest BCUT2D eigenvalue weighted by Gasteiger charge is 2.45. The first-order valence-electron chi connectivity index (χ1n) is 9.13. The summed E-state index contributed by atoms with van der Waals surface area (Å²) in [5.74, 6) is -0.783. The highest BCUT2D eigenvalue weighted by atomic mass is 19.4. The number of piperidine rings is 1. The zero-order valence-corrected chi connectivity index (χ0v) is 15.1. The van der Waals surface area contributed by atoms with Crippen molar-refractivity contribution in [3.05, 3.63) is 36.3 Å². The van der Waals surface area contributed by atoms with Gasteiger partial charge >= 0.3 is 12.2 Å². The lowest BCUT2D eigenvalue weighted by atomic mass is 10.0. The number of rotatable bonds is 4. The number of imide groups is 1. The number of hydrogen-bond donors (Lipinski definition) is 0. The maximum atomic E-state index is 12.6. The van der Waals surface area contributed by atoms with E-state index >= 15 is 0 Å². The molecule has 0 radical (unpaired) electrons. The summed E-state index contributed by atoms with van der Waals surface area (Å²) >= 11 is 0. The second-order valence-corrected chi connectivity index (χ2v) is 7.21. The van der Waals surface area contributed by atoms with Gasteiger partial charge in [0.05, 0.1) is 5.69 Å². The van der Waals surface area contributed by atoms with Crippen LogP contribution in [0.5, 0.6) is 0 Å². The van der Waals surface area contributed by atoms with Gasteiger partial charge in [0.25, 0.3) is 5.91 Å². The van der Waals surface area contributed by atoms with Gasteiger partial charge < -0.3 is 9.30 Å². The Balaban J connectivity index is 1.34. The van der Waals surface area contributed by atoms with Crippen LogP contribution in [0.25, 0.3) is 5.65 Å². The normalized spacial score (nSPS) is 20.0. The van der Waals surface area contributed by atoms with Crippen molar-refractivity contribution >= 4 is 17.6 Å². The molecule has 0 bridgehead atoms. The second kappa shape index (κ2) is 7.08. The number of hydrogen-bond acceptors (Lipinski definition) is 4. The largest absolute Gasteiger partial charge is 0.406 e. The van der Waals surface area contributed by atoms with E-state index in [-0.39, 0.29) is 12.6 Å². The quantitative estimate of drug-likeness (QED) is 0.745. The zero-order chi connectivity index (χ0) is 19.9. The molecular formula is C18H20F3N5O2. The number of fused-ring (bicyclic) bond motifs is 1. The number of carbonyl (C=O) groups excluding carboxylic acids is 2. The van der Waals surface area contributed by atoms with Crippen LogP contribution in [-0.4, -0.2) is 74.4 Å². The van der Waals surface area contributed by atoms with Crippen LogP contribution in [0.3, 0.4) is 0 Å². The number of halogens is 3. The van der Waals surface area contributed by atoms with E-state index in [0.29, 0.717) is 37.4 Å². The number of amides is 3. The fraction of sp³-hybridized carbons (Fsp3) is 0.500. The Morgan fingerprint density at radius 3 is 2.57 bits per heavy atom. The van der Waals surface area contributed by atoms with Crippen LogP contribution in [-0.2, 0) is 11.3 Å². The third kappa shape index (κ3) is 3.82. The first kappa shape index (κ1) is 18.7. The Hall–Kier alpha value is -2.62. The minimum Gasteiger partial charge on any atom is -0.312 e. The fourth-order valence-corrected chi connectivity index (χ4v) is 3.86. The standard InChI is InChI=1S/C18H20F3N5O2/c19-18(20,21)12-26-16(27)11-25(17(26)28)14-4-7-23(8-5-14)9-13-10-24-6-2-1-3-15(24)22-13/h1-3,6,10,14H,4-5,7-9,11-12H2. The van der Waals surface area contributed by atoms with Crippen LogP contribution in [0.1, 0.15) is 18.5 Å². The number of imidazole rings is 1. The lowest BCUT2D eigenvalue weighted by Gasteiger charge is -2.35. The number of nitrogens with zero attached hydrogens (tertiary/aromatic N) is 5. The van der Waals surface area contributed by atoms with Gasteiger partial charge in [0, 0.05) is 38.1 Å². The maximum absolute atomic E-state index is 12.6. The Kier molecular flexibility index (Phi) is 4.74. The monoisotopic (exact) mass is 395 g/mol. The van der Waals surface area contributed by atoms with Gasteiger partial charge in [-0.05, 0) is 25.0 Å². The molecule has 4 rings (SSSR count). The van der Waals surface area contributed by atoms with Gasteiger partial charge in [-0.3, -0.25) is 14.6 Å². The number of carbonyl (C=O) groups is 2. The van der Waals surface area contributed by atoms with Crippen LogP contribution in [0, 0.1) is 0 Å². The number of aromatic nitrogens is 2. The Labute approximate surface area is 159 Å². The van der Waals surface area contributed by atoms with Gasteiger partial charge in [0.2, 0.25) is 0 Å². The van der Waals surface area contributed by atoms with E-state index in [1.54, 1.807) is 0 Å². The molecule has 7 nitrogen and oxygen atoms in total. The summed E-state index contributed by atoms with van der Waals surface area (Å²) in [5.41, 5.74) is 1.81. The van der Waals surface area contributed by atoms with Crippen molar-refractivity contribution in [3.63, 3.8) is 0 Å². The third-order valence-electron chi connectivity index (χ3n) is 5.22. The van der Waals surface area contributed by atoms with Crippen LogP contribution < -0.4 is 0 Å². The second-order valence-electron chi connectivity index (χ2n) is 7.21. The van der Waals surface area contributed by atoms with Crippen LogP contribution in [0.2, 0.25) is 0 Å². The smallest absolute Gasteiger partial charge is 0.312 e. The van der Waals surface area contributed by atoms with E-state index in [2.05, 4.69) is 9.88 Å². The Bertz CT molecular complexity index is 856. The molecule has 3 amide bonds. The molecule has 2 fully saturated rings. The van der Waals surface area contributed by atoms with Crippen molar-refractivity contribution in [2.45, 2.75) is 31.6 Å². The summed E-state index contributed by atoms with van der Waals surface area (Å²) in [5, 5.41) is 0. The first-order chi connectivity index (χ1) is 13.3. The van der Waals surface area contributed by atoms with Gasteiger partial charge in [-0.15, -0.1) is 0 Å². The molecule has 0 aliphatic carbocycles. The molecule has 150 valence electrons. The minimum atomic E-state index is -4.58. The summed E-state index contributed by atoms with van der Waals surface area (Å²) in [6.07, 6.45) is 0.553. The molecule has 2 aliphatic rings. The van der Waals surface area contributed by atoms with E-state index in [4.69, 9.17) is 0 Å². The summed E-state index contributed by atoms with van der Waals surface area (Å²) < 4.78 is 39.7. The van der Waals surface area contributed by atoms with Gasteiger partial charge in [-0.2, -0.15) is 13.2 Å². The SMILES string of the molecule is O=C1CN(C2CCN(Cc3cn4ccccc4n3)CC2)C(=O)N1CC(F)(F)F. The predicted molar refractivity (Wildman–Crippen MR) is 93.4 cm³/mol. The molecule has 10 heteroatoms. The molecule has 2 aliphatic heterocycles. The summed E-state index contributed by atoms with van der Waals surface area (Å²) in [7, 11) is 0. The average Bonchev–Trinajstić information content (AvgIpc) is 3.16. The molecule has 2 saturated heterocycles. The van der Waals surface area contributed by atoms with Crippen LogP contribution >= 0.6 is 0 Å². The van der Waals surface area contributed by atoms with E-state index in [9.17, 15) is 22.8 Å². The zero-order valence-electron chi connectivity index (χ0n) is 15.1. The topological polar surface area (TPSA) is 61.2 Å². The molecular weight excluding hydrogens is 375 g/mol. The first-order valence-corrected chi connectivity index (χ1v) is 9.13. The molecule has 0 spiro atoms. The van der Waals surface area contributed by atoms with Crippen molar-refractivity contribution in [1.29, 1.82) is 0 Å². The Morgan fingerprint density at radius 1 is 1.14 bits per heavy atom. The Morgan fingerprint density at radius 2 is 1.89 bits per heavy atom.